The summed E-state index contributed by atoms with van der Waals surface area (Å²) < 4.78 is 23.3. The van der Waals surface area contributed by atoms with Gasteiger partial charge in [0.05, 0.1) is 19.4 Å². The molecule has 1 aliphatic rings. The van der Waals surface area contributed by atoms with Crippen LogP contribution in [0, 0.1) is 10.6 Å². The number of morpholine rings is 1. The summed E-state index contributed by atoms with van der Waals surface area (Å²) in [5.74, 6) is -0.237. The lowest BCUT2D eigenvalue weighted by Crippen LogP contribution is -2.39. The first-order valence-electron chi connectivity index (χ1n) is 8.50. The Balaban J connectivity index is 1.48. The van der Waals surface area contributed by atoms with Crippen LogP contribution in [0.4, 0.5) is 4.39 Å². The van der Waals surface area contributed by atoms with Gasteiger partial charge in [-0.1, -0.05) is 30.3 Å². The molecule has 1 saturated heterocycles. The number of ether oxygens (including phenoxy) is 1. The minimum absolute atomic E-state index is 0.0743. The maximum Gasteiger partial charge on any atom is 0.203 e. The summed E-state index contributed by atoms with van der Waals surface area (Å²) in [5, 5.41) is 4.44. The van der Waals surface area contributed by atoms with Crippen molar-refractivity contribution in [1.29, 1.82) is 0 Å². The van der Waals surface area contributed by atoms with Gasteiger partial charge in [-0.15, -0.1) is 0 Å². The van der Waals surface area contributed by atoms with Crippen LogP contribution in [-0.2, 0) is 11.4 Å². The number of hydrogen-bond donors (Lipinski definition) is 0. The molecule has 0 radical (unpaired) electrons. The van der Waals surface area contributed by atoms with Crippen LogP contribution in [0.25, 0.3) is 5.69 Å². The smallest absolute Gasteiger partial charge is 0.203 e. The molecule has 3 aromatic rings. The molecule has 5 nitrogen and oxygen atoms in total. The molecule has 0 spiro atoms. The van der Waals surface area contributed by atoms with E-state index in [1.807, 2.05) is 39.6 Å². The molecule has 0 aliphatic carbocycles. The minimum atomic E-state index is -0.237. The summed E-state index contributed by atoms with van der Waals surface area (Å²) in [5.41, 5.74) is 1.98. The van der Waals surface area contributed by atoms with Gasteiger partial charge in [-0.05, 0) is 42.0 Å². The molecule has 0 N–H and O–H groups in total. The molecule has 0 bridgehead atoms. The second kappa shape index (κ2) is 7.49. The van der Waals surface area contributed by atoms with Gasteiger partial charge in [0.25, 0.3) is 0 Å². The van der Waals surface area contributed by atoms with Gasteiger partial charge in [-0.3, -0.25) is 9.47 Å². The van der Waals surface area contributed by atoms with Gasteiger partial charge in [0.2, 0.25) is 4.77 Å². The van der Waals surface area contributed by atoms with E-state index >= 15 is 0 Å². The van der Waals surface area contributed by atoms with E-state index in [2.05, 4.69) is 10.00 Å². The molecule has 1 aliphatic heterocycles. The Hall–Kier alpha value is -2.35. The Kier molecular flexibility index (Phi) is 4.92. The zero-order chi connectivity index (χ0) is 17.9. The first-order valence-corrected chi connectivity index (χ1v) is 8.91. The summed E-state index contributed by atoms with van der Waals surface area (Å²) >= 11 is 5.58. The average Bonchev–Trinajstić information content (AvgIpc) is 3.04. The van der Waals surface area contributed by atoms with Crippen LogP contribution in [0.15, 0.2) is 60.9 Å². The van der Waals surface area contributed by atoms with E-state index in [1.165, 1.54) is 12.1 Å². The third-order valence-corrected chi connectivity index (χ3v) is 4.90. The molecule has 4 rings (SSSR count). The van der Waals surface area contributed by atoms with Gasteiger partial charge in [0.1, 0.15) is 12.1 Å². The number of benzene rings is 2. The Morgan fingerprint density at radius 3 is 2.65 bits per heavy atom. The lowest BCUT2D eigenvalue weighted by Gasteiger charge is -2.32. The van der Waals surface area contributed by atoms with Crippen molar-refractivity contribution in [2.75, 3.05) is 19.7 Å². The highest BCUT2D eigenvalue weighted by molar-refractivity contribution is 7.71. The standard InChI is InChI=1S/C19H19FN4OS/c20-16-8-6-15(7-9-16)18-12-22(10-11-25-18)14-24-19(26)23(13-21-24)17-4-2-1-3-5-17/h1-9,13,18H,10-12,14H2/t18-/m1/s1. The van der Waals surface area contributed by atoms with Crippen molar-refractivity contribution in [2.45, 2.75) is 12.8 Å². The number of hydrogen-bond acceptors (Lipinski definition) is 4. The first-order chi connectivity index (χ1) is 12.7. The van der Waals surface area contributed by atoms with Gasteiger partial charge in [-0.25, -0.2) is 9.07 Å². The minimum Gasteiger partial charge on any atom is -0.371 e. The average molecular weight is 370 g/mol. The molecule has 26 heavy (non-hydrogen) atoms. The van der Waals surface area contributed by atoms with Crippen molar-refractivity contribution in [1.82, 2.24) is 19.2 Å². The normalized spacial score (nSPS) is 18.1. The topological polar surface area (TPSA) is 35.2 Å². The third kappa shape index (κ3) is 3.60. The zero-order valence-corrected chi connectivity index (χ0v) is 15.0. The van der Waals surface area contributed by atoms with E-state index in [4.69, 9.17) is 17.0 Å². The molecule has 2 aromatic carbocycles. The fourth-order valence-electron chi connectivity index (χ4n) is 3.10. The molecular weight excluding hydrogens is 351 g/mol. The molecule has 7 heteroatoms. The lowest BCUT2D eigenvalue weighted by molar-refractivity contribution is -0.0419. The fourth-order valence-corrected chi connectivity index (χ4v) is 3.36. The number of halogens is 1. The predicted molar refractivity (Wildman–Crippen MR) is 99.1 cm³/mol. The van der Waals surface area contributed by atoms with Crippen LogP contribution in [0.3, 0.4) is 0 Å². The van der Waals surface area contributed by atoms with Gasteiger partial charge in [-0.2, -0.15) is 5.10 Å². The quantitative estimate of drug-likeness (QED) is 0.658. The Morgan fingerprint density at radius 1 is 1.12 bits per heavy atom. The number of para-hydroxylation sites is 1. The van der Waals surface area contributed by atoms with E-state index < -0.39 is 0 Å². The molecule has 1 atom stereocenters. The van der Waals surface area contributed by atoms with Crippen LogP contribution in [0.1, 0.15) is 11.7 Å². The van der Waals surface area contributed by atoms with E-state index in [0.717, 1.165) is 17.8 Å². The monoisotopic (exact) mass is 370 g/mol. The predicted octanol–water partition coefficient (Wildman–Crippen LogP) is 3.57. The van der Waals surface area contributed by atoms with Gasteiger partial charge in [0, 0.05) is 18.8 Å². The zero-order valence-electron chi connectivity index (χ0n) is 14.2. The van der Waals surface area contributed by atoms with Crippen LogP contribution in [-0.4, -0.2) is 38.9 Å². The summed E-state index contributed by atoms with van der Waals surface area (Å²) in [6.07, 6.45) is 1.67. The highest BCUT2D eigenvalue weighted by atomic mass is 32.1. The van der Waals surface area contributed by atoms with Crippen molar-refractivity contribution >= 4 is 12.2 Å². The van der Waals surface area contributed by atoms with Crippen LogP contribution >= 0.6 is 12.2 Å². The first kappa shape index (κ1) is 17.1. The van der Waals surface area contributed by atoms with Gasteiger partial charge >= 0.3 is 0 Å². The van der Waals surface area contributed by atoms with Crippen molar-refractivity contribution in [3.63, 3.8) is 0 Å². The van der Waals surface area contributed by atoms with E-state index in [1.54, 1.807) is 18.5 Å². The van der Waals surface area contributed by atoms with Crippen molar-refractivity contribution in [3.8, 4) is 5.69 Å². The lowest BCUT2D eigenvalue weighted by atomic mass is 10.1. The van der Waals surface area contributed by atoms with Crippen molar-refractivity contribution in [3.05, 3.63) is 77.1 Å². The maximum atomic E-state index is 13.1. The largest absolute Gasteiger partial charge is 0.371 e. The molecule has 0 unspecified atom stereocenters. The molecule has 1 aromatic heterocycles. The second-order valence-electron chi connectivity index (χ2n) is 6.25. The molecule has 2 heterocycles. The molecule has 1 fully saturated rings. The van der Waals surface area contributed by atoms with E-state index in [-0.39, 0.29) is 11.9 Å². The Labute approximate surface area is 156 Å². The number of aromatic nitrogens is 3. The van der Waals surface area contributed by atoms with E-state index in [9.17, 15) is 4.39 Å². The van der Waals surface area contributed by atoms with Crippen LogP contribution in [0.5, 0.6) is 0 Å². The number of nitrogens with zero attached hydrogens (tertiary/aromatic N) is 4. The van der Waals surface area contributed by atoms with E-state index in [0.29, 0.717) is 24.6 Å². The van der Waals surface area contributed by atoms with Gasteiger partial charge < -0.3 is 4.74 Å². The molecule has 0 amide bonds. The highest BCUT2D eigenvalue weighted by Crippen LogP contribution is 2.23. The fraction of sp³-hybridized carbons (Fsp3) is 0.263. The van der Waals surface area contributed by atoms with Crippen molar-refractivity contribution in [2.24, 2.45) is 0 Å². The third-order valence-electron chi connectivity index (χ3n) is 4.49. The molecular formula is C19H19FN4OS. The number of rotatable bonds is 4. The van der Waals surface area contributed by atoms with Crippen LogP contribution < -0.4 is 0 Å². The summed E-state index contributed by atoms with van der Waals surface area (Å²) in [6, 6.07) is 16.4. The maximum absolute atomic E-state index is 13.1. The van der Waals surface area contributed by atoms with Crippen LogP contribution in [0.2, 0.25) is 0 Å². The SMILES string of the molecule is Fc1ccc([C@H]2CN(Cn3ncn(-c4ccccc4)c3=S)CCO2)cc1. The summed E-state index contributed by atoms with van der Waals surface area (Å²) in [6.45, 7) is 2.73. The summed E-state index contributed by atoms with van der Waals surface area (Å²) in [7, 11) is 0. The highest BCUT2D eigenvalue weighted by Gasteiger charge is 2.22. The molecule has 134 valence electrons. The molecule has 0 saturated carbocycles. The Bertz CT molecular complexity index is 923. The second-order valence-corrected chi connectivity index (χ2v) is 6.61. The van der Waals surface area contributed by atoms with Crippen molar-refractivity contribution < 1.29 is 9.13 Å². The Morgan fingerprint density at radius 2 is 1.88 bits per heavy atom. The summed E-state index contributed by atoms with van der Waals surface area (Å²) in [4.78, 5) is 2.25. The van der Waals surface area contributed by atoms with Gasteiger partial charge in [0.15, 0.2) is 0 Å².